The van der Waals surface area contributed by atoms with E-state index in [1.54, 1.807) is 19.2 Å². The van der Waals surface area contributed by atoms with Gasteiger partial charge in [0, 0.05) is 36.5 Å². The molecule has 0 atom stereocenters. The van der Waals surface area contributed by atoms with E-state index in [0.717, 1.165) is 30.2 Å². The number of amidine groups is 1. The molecule has 1 aromatic rings. The van der Waals surface area contributed by atoms with Gasteiger partial charge in [0.2, 0.25) is 0 Å². The lowest BCUT2D eigenvalue weighted by Gasteiger charge is -2.14. The number of nitro benzene ring substituents is 1. The topological polar surface area (TPSA) is 76.8 Å². The third kappa shape index (κ3) is 3.60. The Balaban J connectivity index is 2.10. The van der Waals surface area contributed by atoms with E-state index in [9.17, 15) is 10.1 Å². The average molecular weight is 281 g/mol. The van der Waals surface area contributed by atoms with Gasteiger partial charge in [0.05, 0.1) is 12.0 Å². The number of benzene rings is 1. The van der Waals surface area contributed by atoms with E-state index < -0.39 is 4.92 Å². The Kier molecular flexibility index (Phi) is 4.62. The zero-order chi connectivity index (χ0) is 13.7. The quantitative estimate of drug-likeness (QED) is 0.676. The minimum atomic E-state index is -0.399. The summed E-state index contributed by atoms with van der Waals surface area (Å²) < 4.78 is 5.22. The van der Waals surface area contributed by atoms with Crippen molar-refractivity contribution in [2.45, 2.75) is 12.2 Å². The van der Waals surface area contributed by atoms with Crippen molar-refractivity contribution in [1.29, 1.82) is 0 Å². The lowest BCUT2D eigenvalue weighted by molar-refractivity contribution is -0.384. The highest BCUT2D eigenvalue weighted by Crippen LogP contribution is 2.27. The Morgan fingerprint density at radius 3 is 3.05 bits per heavy atom. The van der Waals surface area contributed by atoms with Crippen LogP contribution in [-0.4, -0.2) is 30.3 Å². The number of rotatable bonds is 4. The highest BCUT2D eigenvalue weighted by atomic mass is 32.2. The van der Waals surface area contributed by atoms with Crippen molar-refractivity contribution >= 4 is 22.6 Å². The molecule has 0 saturated heterocycles. The molecule has 6 nitrogen and oxygen atoms in total. The van der Waals surface area contributed by atoms with Crippen LogP contribution in [0.25, 0.3) is 0 Å². The molecule has 102 valence electrons. The van der Waals surface area contributed by atoms with Gasteiger partial charge in [-0.3, -0.25) is 15.1 Å². The first-order valence-electron chi connectivity index (χ1n) is 5.93. The normalized spacial score (nSPS) is 14.5. The van der Waals surface area contributed by atoms with E-state index in [1.165, 1.54) is 17.8 Å². The molecule has 0 amide bonds. The first-order chi connectivity index (χ1) is 9.20. The molecule has 19 heavy (non-hydrogen) atoms. The summed E-state index contributed by atoms with van der Waals surface area (Å²) in [5.74, 6) is 1.26. The molecule has 0 fully saturated rings. The fourth-order valence-corrected chi connectivity index (χ4v) is 2.65. The first kappa shape index (κ1) is 13.7. The molecule has 1 N–H and O–H groups in total. The van der Waals surface area contributed by atoms with Crippen LogP contribution in [0, 0.1) is 10.1 Å². The van der Waals surface area contributed by atoms with Crippen molar-refractivity contribution < 1.29 is 9.66 Å². The van der Waals surface area contributed by atoms with Gasteiger partial charge in [-0.2, -0.15) is 0 Å². The number of hydrogen-bond acceptors (Lipinski definition) is 6. The molecule has 0 radical (unpaired) electrons. The number of nitro groups is 1. The molecule has 0 saturated carbocycles. The van der Waals surface area contributed by atoms with E-state index in [0.29, 0.717) is 11.5 Å². The van der Waals surface area contributed by atoms with Crippen LogP contribution in [0.1, 0.15) is 12.0 Å². The SMILES string of the molecule is COc1ccc([N+](=O)[O-])cc1CSC1=NCCCN1. The number of hydrogen-bond donors (Lipinski definition) is 1. The Bertz CT molecular complexity index is 505. The number of thioether (sulfide) groups is 1. The van der Waals surface area contributed by atoms with E-state index in [4.69, 9.17) is 4.74 Å². The molecule has 0 bridgehead atoms. The second-order valence-corrected chi connectivity index (χ2v) is 4.97. The Hall–Kier alpha value is -1.76. The van der Waals surface area contributed by atoms with Crippen molar-refractivity contribution in [2.24, 2.45) is 4.99 Å². The van der Waals surface area contributed by atoms with Gasteiger partial charge >= 0.3 is 0 Å². The summed E-state index contributed by atoms with van der Waals surface area (Å²) in [6.07, 6.45) is 1.05. The van der Waals surface area contributed by atoms with Crippen LogP contribution in [0.15, 0.2) is 23.2 Å². The summed E-state index contributed by atoms with van der Waals surface area (Å²) >= 11 is 1.54. The van der Waals surface area contributed by atoms with Gasteiger partial charge < -0.3 is 10.1 Å². The zero-order valence-corrected chi connectivity index (χ0v) is 11.4. The molecule has 0 aromatic heterocycles. The predicted octanol–water partition coefficient (Wildman–Crippen LogP) is 2.19. The Morgan fingerprint density at radius 1 is 1.58 bits per heavy atom. The smallest absolute Gasteiger partial charge is 0.270 e. The highest BCUT2D eigenvalue weighted by molar-refractivity contribution is 8.13. The minimum absolute atomic E-state index is 0.0787. The fourth-order valence-electron chi connectivity index (χ4n) is 1.75. The molecule has 0 unspecified atom stereocenters. The molecule has 1 aliphatic rings. The number of methoxy groups -OCH3 is 1. The number of non-ortho nitro benzene ring substituents is 1. The van der Waals surface area contributed by atoms with Gasteiger partial charge in [0.15, 0.2) is 5.17 Å². The summed E-state index contributed by atoms with van der Waals surface area (Å²) in [4.78, 5) is 14.7. The maximum Gasteiger partial charge on any atom is 0.270 e. The summed E-state index contributed by atoms with van der Waals surface area (Å²) in [7, 11) is 1.56. The van der Waals surface area contributed by atoms with Crippen molar-refractivity contribution in [3.63, 3.8) is 0 Å². The fraction of sp³-hybridized carbons (Fsp3) is 0.417. The van der Waals surface area contributed by atoms with E-state index in [-0.39, 0.29) is 5.69 Å². The molecule has 1 aliphatic heterocycles. The van der Waals surface area contributed by atoms with Crippen molar-refractivity contribution in [2.75, 3.05) is 20.2 Å². The van der Waals surface area contributed by atoms with Crippen LogP contribution in [0.5, 0.6) is 5.75 Å². The van der Waals surface area contributed by atoms with Crippen molar-refractivity contribution in [3.8, 4) is 5.75 Å². The van der Waals surface area contributed by atoms with Gasteiger partial charge in [-0.25, -0.2) is 0 Å². The van der Waals surface area contributed by atoms with Crippen LogP contribution in [0.2, 0.25) is 0 Å². The van der Waals surface area contributed by atoms with Crippen molar-refractivity contribution in [1.82, 2.24) is 5.32 Å². The molecule has 1 aromatic carbocycles. The van der Waals surface area contributed by atoms with Gasteiger partial charge in [0.25, 0.3) is 5.69 Å². The first-order valence-corrected chi connectivity index (χ1v) is 6.91. The van der Waals surface area contributed by atoms with Gasteiger partial charge in [-0.05, 0) is 12.5 Å². The number of nitrogens with zero attached hydrogens (tertiary/aromatic N) is 2. The third-order valence-electron chi connectivity index (χ3n) is 2.71. The lowest BCUT2D eigenvalue weighted by Crippen LogP contribution is -2.26. The Labute approximate surface area is 115 Å². The van der Waals surface area contributed by atoms with Crippen molar-refractivity contribution in [3.05, 3.63) is 33.9 Å². The minimum Gasteiger partial charge on any atom is -0.496 e. The van der Waals surface area contributed by atoms with Crippen LogP contribution in [-0.2, 0) is 5.75 Å². The standard InChI is InChI=1S/C12H15N3O3S/c1-18-11-4-3-10(15(16)17)7-9(11)8-19-12-13-5-2-6-14-12/h3-4,7H,2,5-6,8H2,1H3,(H,13,14). The van der Waals surface area contributed by atoms with Crippen LogP contribution < -0.4 is 10.1 Å². The number of nitrogens with one attached hydrogen (secondary N) is 1. The molecular weight excluding hydrogens is 266 g/mol. The molecule has 1 heterocycles. The number of ether oxygens (including phenoxy) is 1. The summed E-state index contributed by atoms with van der Waals surface area (Å²) in [6.45, 7) is 1.76. The van der Waals surface area contributed by atoms with Crippen LogP contribution >= 0.6 is 11.8 Å². The number of aliphatic imine (C=N–C) groups is 1. The maximum atomic E-state index is 10.8. The van der Waals surface area contributed by atoms with E-state index >= 15 is 0 Å². The van der Waals surface area contributed by atoms with Crippen LogP contribution in [0.4, 0.5) is 5.69 Å². The van der Waals surface area contributed by atoms with E-state index in [1.807, 2.05) is 0 Å². The molecular formula is C12H15N3O3S. The molecule has 7 heteroatoms. The molecule has 0 spiro atoms. The summed E-state index contributed by atoms with van der Waals surface area (Å²) in [5.41, 5.74) is 0.881. The van der Waals surface area contributed by atoms with Gasteiger partial charge in [-0.15, -0.1) is 0 Å². The lowest BCUT2D eigenvalue weighted by atomic mass is 10.2. The summed E-state index contributed by atoms with van der Waals surface area (Å²) in [5, 5.41) is 14.9. The predicted molar refractivity (Wildman–Crippen MR) is 75.9 cm³/mol. The second kappa shape index (κ2) is 6.42. The van der Waals surface area contributed by atoms with Crippen LogP contribution in [0.3, 0.4) is 0 Å². The Morgan fingerprint density at radius 2 is 2.42 bits per heavy atom. The van der Waals surface area contributed by atoms with Gasteiger partial charge in [0.1, 0.15) is 5.75 Å². The monoisotopic (exact) mass is 281 g/mol. The average Bonchev–Trinajstić information content (AvgIpc) is 2.45. The molecule has 0 aliphatic carbocycles. The highest BCUT2D eigenvalue weighted by Gasteiger charge is 2.13. The third-order valence-corrected chi connectivity index (χ3v) is 3.71. The van der Waals surface area contributed by atoms with E-state index in [2.05, 4.69) is 10.3 Å². The molecule has 2 rings (SSSR count). The zero-order valence-electron chi connectivity index (χ0n) is 10.6. The second-order valence-electron chi connectivity index (χ2n) is 4.01. The summed E-state index contributed by atoms with van der Waals surface area (Å²) in [6, 6.07) is 4.63. The van der Waals surface area contributed by atoms with Gasteiger partial charge in [-0.1, -0.05) is 11.8 Å². The maximum absolute atomic E-state index is 10.8. The largest absolute Gasteiger partial charge is 0.496 e.